The van der Waals surface area contributed by atoms with Crippen molar-refractivity contribution in [2.75, 3.05) is 0 Å². The molecule has 2 amide bonds. The van der Waals surface area contributed by atoms with Crippen molar-refractivity contribution < 1.29 is 9.59 Å². The molecular weight excluding hydrogens is 194 g/mol. The topological polar surface area (TPSA) is 84.5 Å². The van der Waals surface area contributed by atoms with Crippen LogP contribution >= 0.6 is 0 Å². The number of carbonyl (C=O) groups excluding carboxylic acids is 2. The van der Waals surface area contributed by atoms with E-state index in [0.717, 1.165) is 6.42 Å². The van der Waals surface area contributed by atoms with E-state index in [1.54, 1.807) is 6.21 Å². The number of primary amides is 1. The van der Waals surface area contributed by atoms with Crippen molar-refractivity contribution in [3.05, 3.63) is 12.2 Å². The lowest BCUT2D eigenvalue weighted by molar-refractivity contribution is -0.137. The maximum atomic E-state index is 10.8. The van der Waals surface area contributed by atoms with E-state index in [2.05, 4.69) is 22.7 Å². The molecule has 0 radical (unpaired) electrons. The number of hydrogen-bond acceptors (Lipinski definition) is 3. The van der Waals surface area contributed by atoms with Crippen LogP contribution in [0.2, 0.25) is 0 Å². The molecule has 0 unspecified atom stereocenters. The van der Waals surface area contributed by atoms with E-state index in [0.29, 0.717) is 17.8 Å². The summed E-state index contributed by atoms with van der Waals surface area (Å²) in [6.07, 6.45) is 8.39. The van der Waals surface area contributed by atoms with Crippen molar-refractivity contribution >= 4 is 18.0 Å². The summed E-state index contributed by atoms with van der Waals surface area (Å²) < 4.78 is 0. The largest absolute Gasteiger partial charge is 0.361 e. The van der Waals surface area contributed by atoms with Crippen LogP contribution in [0.15, 0.2) is 17.3 Å². The van der Waals surface area contributed by atoms with Gasteiger partial charge in [0.1, 0.15) is 0 Å². The van der Waals surface area contributed by atoms with Gasteiger partial charge in [-0.3, -0.25) is 9.59 Å². The summed E-state index contributed by atoms with van der Waals surface area (Å²) in [7, 11) is 0. The van der Waals surface area contributed by atoms with Crippen LogP contribution < -0.4 is 11.2 Å². The lowest BCUT2D eigenvalue weighted by Gasteiger charge is -2.11. The zero-order valence-corrected chi connectivity index (χ0v) is 8.22. The Labute approximate surface area is 87.4 Å². The van der Waals surface area contributed by atoms with Gasteiger partial charge in [0.25, 0.3) is 0 Å². The normalized spacial score (nSPS) is 32.4. The third-order valence-corrected chi connectivity index (χ3v) is 2.99. The quantitative estimate of drug-likeness (QED) is 0.284. The van der Waals surface area contributed by atoms with Crippen molar-refractivity contribution in [1.82, 2.24) is 5.43 Å². The van der Waals surface area contributed by atoms with Crippen molar-refractivity contribution in [3.8, 4) is 0 Å². The first kappa shape index (κ1) is 9.89. The molecule has 2 bridgehead atoms. The molecule has 0 heterocycles. The third-order valence-electron chi connectivity index (χ3n) is 2.99. The van der Waals surface area contributed by atoms with Gasteiger partial charge in [-0.1, -0.05) is 12.2 Å². The third kappa shape index (κ3) is 2.06. The van der Waals surface area contributed by atoms with Gasteiger partial charge in [0.2, 0.25) is 0 Å². The molecule has 3 atom stereocenters. The van der Waals surface area contributed by atoms with Gasteiger partial charge in [-0.15, -0.1) is 0 Å². The molecule has 0 saturated heterocycles. The summed E-state index contributed by atoms with van der Waals surface area (Å²) >= 11 is 0. The zero-order chi connectivity index (χ0) is 10.8. The summed E-state index contributed by atoms with van der Waals surface area (Å²) in [6, 6.07) is 0. The lowest BCUT2D eigenvalue weighted by atomic mass is 9.95. The van der Waals surface area contributed by atoms with E-state index in [9.17, 15) is 9.59 Å². The predicted molar refractivity (Wildman–Crippen MR) is 54.7 cm³/mol. The molecule has 1 fully saturated rings. The Morgan fingerprint density at radius 2 is 2.20 bits per heavy atom. The maximum absolute atomic E-state index is 10.8. The number of fused-ring (bicyclic) bond motifs is 2. The number of nitrogens with two attached hydrogens (primary N) is 1. The molecule has 3 N–H and O–H groups in total. The van der Waals surface area contributed by atoms with Crippen LogP contribution in [-0.4, -0.2) is 18.0 Å². The van der Waals surface area contributed by atoms with Gasteiger partial charge in [-0.05, 0) is 24.7 Å². The molecule has 2 aliphatic carbocycles. The Morgan fingerprint density at radius 3 is 2.73 bits per heavy atom. The van der Waals surface area contributed by atoms with Gasteiger partial charge in [0.05, 0.1) is 0 Å². The highest BCUT2D eigenvalue weighted by molar-refractivity contribution is 6.34. The maximum Gasteiger partial charge on any atom is 0.329 e. The molecule has 0 aliphatic heterocycles. The first-order valence-electron chi connectivity index (χ1n) is 4.98. The Morgan fingerprint density at radius 1 is 1.40 bits per heavy atom. The first-order chi connectivity index (χ1) is 7.16. The minimum absolute atomic E-state index is 0.383. The summed E-state index contributed by atoms with van der Waals surface area (Å²) in [6.45, 7) is 0. The van der Waals surface area contributed by atoms with Crippen LogP contribution in [0, 0.1) is 17.8 Å². The molecule has 0 aromatic heterocycles. The van der Waals surface area contributed by atoms with Gasteiger partial charge in [-0.2, -0.15) is 5.10 Å². The molecule has 5 heteroatoms. The minimum atomic E-state index is -1.01. The molecule has 0 spiro atoms. The number of allylic oxidation sites excluding steroid dienone is 2. The number of nitrogens with one attached hydrogen (secondary N) is 1. The highest BCUT2D eigenvalue weighted by atomic mass is 16.2. The minimum Gasteiger partial charge on any atom is -0.361 e. The molecule has 1 saturated carbocycles. The SMILES string of the molecule is NC(=O)C(=O)N/N=C\[C@@H]1C[C@H]2C=C[C@H]1C2. The molecule has 2 rings (SSSR count). The fourth-order valence-corrected chi connectivity index (χ4v) is 2.24. The standard InChI is InChI=1S/C10H13N3O2/c11-9(14)10(15)13-12-5-8-4-6-1-2-7(8)3-6/h1-2,5-8H,3-4H2,(H2,11,14)(H,13,15)/b12-5-/t6-,7-,8-/m0/s1. The van der Waals surface area contributed by atoms with E-state index in [1.807, 2.05) is 0 Å². The van der Waals surface area contributed by atoms with Crippen LogP contribution in [0.5, 0.6) is 0 Å². The van der Waals surface area contributed by atoms with Crippen LogP contribution in [0.1, 0.15) is 12.8 Å². The van der Waals surface area contributed by atoms with E-state index >= 15 is 0 Å². The second-order valence-corrected chi connectivity index (χ2v) is 4.03. The molecule has 0 aromatic carbocycles. The van der Waals surface area contributed by atoms with E-state index in [1.165, 1.54) is 6.42 Å². The smallest absolute Gasteiger partial charge is 0.329 e. The Kier molecular flexibility index (Phi) is 2.53. The number of amides is 2. The summed E-state index contributed by atoms with van der Waals surface area (Å²) in [5.74, 6) is -0.291. The molecule has 0 aromatic rings. The van der Waals surface area contributed by atoms with Crippen molar-refractivity contribution in [2.45, 2.75) is 12.8 Å². The van der Waals surface area contributed by atoms with Crippen molar-refractivity contribution in [2.24, 2.45) is 28.6 Å². The molecular formula is C10H13N3O2. The second-order valence-electron chi connectivity index (χ2n) is 4.03. The average molecular weight is 207 g/mol. The monoisotopic (exact) mass is 207 g/mol. The number of hydrazone groups is 1. The summed E-state index contributed by atoms with van der Waals surface area (Å²) in [5.41, 5.74) is 6.86. The fraction of sp³-hybridized carbons (Fsp3) is 0.500. The van der Waals surface area contributed by atoms with Gasteiger partial charge in [0.15, 0.2) is 0 Å². The highest BCUT2D eigenvalue weighted by Gasteiger charge is 2.34. The van der Waals surface area contributed by atoms with Crippen LogP contribution in [0.4, 0.5) is 0 Å². The van der Waals surface area contributed by atoms with E-state index < -0.39 is 11.8 Å². The Balaban J connectivity index is 1.83. The van der Waals surface area contributed by atoms with Gasteiger partial charge < -0.3 is 5.73 Å². The number of rotatable bonds is 2. The number of nitrogens with zero attached hydrogens (tertiary/aromatic N) is 1. The number of hydrogen-bond donors (Lipinski definition) is 2. The molecule has 2 aliphatic rings. The number of carbonyl (C=O) groups is 2. The van der Waals surface area contributed by atoms with E-state index in [-0.39, 0.29) is 0 Å². The van der Waals surface area contributed by atoms with Crippen molar-refractivity contribution in [3.63, 3.8) is 0 Å². The fourth-order valence-electron chi connectivity index (χ4n) is 2.24. The zero-order valence-electron chi connectivity index (χ0n) is 8.22. The average Bonchev–Trinajstić information content (AvgIpc) is 2.78. The lowest BCUT2D eigenvalue weighted by Crippen LogP contribution is -2.33. The van der Waals surface area contributed by atoms with Gasteiger partial charge in [0, 0.05) is 12.1 Å². The predicted octanol–water partition coefficient (Wildman–Crippen LogP) is -0.214. The first-order valence-corrected chi connectivity index (χ1v) is 4.98. The van der Waals surface area contributed by atoms with E-state index in [4.69, 9.17) is 5.73 Å². The Hall–Kier alpha value is -1.65. The molecule has 5 nitrogen and oxygen atoms in total. The van der Waals surface area contributed by atoms with Crippen LogP contribution in [0.3, 0.4) is 0 Å². The second kappa shape index (κ2) is 3.84. The van der Waals surface area contributed by atoms with Crippen molar-refractivity contribution in [1.29, 1.82) is 0 Å². The van der Waals surface area contributed by atoms with Crippen LogP contribution in [0.25, 0.3) is 0 Å². The van der Waals surface area contributed by atoms with Crippen LogP contribution in [-0.2, 0) is 9.59 Å². The Bertz CT molecular complexity index is 349. The highest BCUT2D eigenvalue weighted by Crippen LogP contribution is 2.42. The van der Waals surface area contributed by atoms with Gasteiger partial charge in [-0.25, -0.2) is 5.43 Å². The summed E-state index contributed by atoms with van der Waals surface area (Å²) in [4.78, 5) is 21.1. The molecule has 80 valence electrons. The summed E-state index contributed by atoms with van der Waals surface area (Å²) in [5, 5.41) is 3.73. The van der Waals surface area contributed by atoms with Gasteiger partial charge >= 0.3 is 11.8 Å². The molecule has 15 heavy (non-hydrogen) atoms.